The van der Waals surface area contributed by atoms with Gasteiger partial charge < -0.3 is 9.73 Å². The lowest BCUT2D eigenvalue weighted by molar-refractivity contribution is 0.532. The summed E-state index contributed by atoms with van der Waals surface area (Å²) in [6.45, 7) is 4.15. The Morgan fingerprint density at radius 2 is 2.42 bits per heavy atom. The van der Waals surface area contributed by atoms with Gasteiger partial charge in [-0.15, -0.1) is 0 Å². The fourth-order valence-electron chi connectivity index (χ4n) is 0.970. The van der Waals surface area contributed by atoms with E-state index in [2.05, 4.69) is 28.2 Å². The Kier molecular flexibility index (Phi) is 4.40. The highest BCUT2D eigenvalue weighted by molar-refractivity contribution is 9.10. The van der Waals surface area contributed by atoms with Crippen molar-refractivity contribution >= 4 is 15.9 Å². The van der Waals surface area contributed by atoms with Crippen molar-refractivity contribution in [3.8, 4) is 0 Å². The molecule has 0 aromatic carbocycles. The van der Waals surface area contributed by atoms with Gasteiger partial charge in [-0.05, 0) is 35.0 Å². The number of hydrogen-bond acceptors (Lipinski definition) is 2. The molecule has 1 heterocycles. The Labute approximate surface area is 81.5 Å². The molecule has 12 heavy (non-hydrogen) atoms. The van der Waals surface area contributed by atoms with Crippen LogP contribution in [0.3, 0.4) is 0 Å². The standard InChI is InChI=1S/C9H14BrNO/c1-2-3-5-11-7-8-4-6-12-9(8)10/h4,6,11H,2-3,5,7H2,1H3. The van der Waals surface area contributed by atoms with Crippen molar-refractivity contribution in [3.05, 3.63) is 22.6 Å². The van der Waals surface area contributed by atoms with Crippen molar-refractivity contribution in [2.75, 3.05) is 6.54 Å². The quantitative estimate of drug-likeness (QED) is 0.789. The molecular formula is C9H14BrNO. The minimum Gasteiger partial charge on any atom is -0.457 e. The molecule has 0 bridgehead atoms. The van der Waals surface area contributed by atoms with Crippen LogP contribution in [0.25, 0.3) is 0 Å². The molecule has 68 valence electrons. The molecule has 0 aliphatic carbocycles. The smallest absolute Gasteiger partial charge is 0.173 e. The molecule has 0 spiro atoms. The molecule has 2 nitrogen and oxygen atoms in total. The number of hydrogen-bond donors (Lipinski definition) is 1. The van der Waals surface area contributed by atoms with Crippen LogP contribution in [-0.4, -0.2) is 6.54 Å². The molecule has 0 fully saturated rings. The molecule has 0 atom stereocenters. The topological polar surface area (TPSA) is 25.2 Å². The summed E-state index contributed by atoms with van der Waals surface area (Å²) in [6.07, 6.45) is 4.16. The van der Waals surface area contributed by atoms with Crippen LogP contribution in [0.5, 0.6) is 0 Å². The Morgan fingerprint density at radius 3 is 3.00 bits per heavy atom. The lowest BCUT2D eigenvalue weighted by Crippen LogP contribution is -2.14. The zero-order valence-electron chi connectivity index (χ0n) is 7.27. The van der Waals surface area contributed by atoms with Gasteiger partial charge in [0.15, 0.2) is 4.67 Å². The van der Waals surface area contributed by atoms with Crippen LogP contribution in [0.2, 0.25) is 0 Å². The van der Waals surface area contributed by atoms with Crippen LogP contribution in [0.4, 0.5) is 0 Å². The van der Waals surface area contributed by atoms with Gasteiger partial charge in [-0.3, -0.25) is 0 Å². The monoisotopic (exact) mass is 231 g/mol. The number of nitrogens with one attached hydrogen (secondary N) is 1. The molecule has 0 aliphatic rings. The minimum atomic E-state index is 0.839. The van der Waals surface area contributed by atoms with Crippen molar-refractivity contribution in [2.45, 2.75) is 26.3 Å². The van der Waals surface area contributed by atoms with E-state index >= 15 is 0 Å². The molecule has 0 saturated carbocycles. The van der Waals surface area contributed by atoms with Gasteiger partial charge in [0, 0.05) is 12.1 Å². The highest BCUT2D eigenvalue weighted by atomic mass is 79.9. The van der Waals surface area contributed by atoms with Crippen LogP contribution in [-0.2, 0) is 6.54 Å². The average Bonchev–Trinajstić information content (AvgIpc) is 2.46. The first kappa shape index (κ1) is 9.81. The van der Waals surface area contributed by atoms with E-state index in [-0.39, 0.29) is 0 Å². The largest absolute Gasteiger partial charge is 0.457 e. The van der Waals surface area contributed by atoms with Gasteiger partial charge in [0.05, 0.1) is 6.26 Å². The summed E-state index contributed by atoms with van der Waals surface area (Å²) >= 11 is 3.33. The summed E-state index contributed by atoms with van der Waals surface area (Å²) in [5.41, 5.74) is 1.19. The Bertz CT molecular complexity index is 222. The first-order valence-corrected chi connectivity index (χ1v) is 5.06. The third-order valence-electron chi connectivity index (χ3n) is 1.72. The molecule has 0 unspecified atom stereocenters. The molecule has 1 rings (SSSR count). The predicted octanol–water partition coefficient (Wildman–Crippen LogP) is 2.93. The maximum atomic E-state index is 5.10. The van der Waals surface area contributed by atoms with Crippen LogP contribution in [0.1, 0.15) is 25.3 Å². The predicted molar refractivity (Wildman–Crippen MR) is 53.0 cm³/mol. The fraction of sp³-hybridized carbons (Fsp3) is 0.556. The van der Waals surface area contributed by atoms with Crippen LogP contribution >= 0.6 is 15.9 Å². The van der Waals surface area contributed by atoms with E-state index in [1.165, 1.54) is 18.4 Å². The number of rotatable bonds is 5. The summed E-state index contributed by atoms with van der Waals surface area (Å²) in [6, 6.07) is 1.98. The minimum absolute atomic E-state index is 0.839. The highest BCUT2D eigenvalue weighted by Crippen LogP contribution is 2.16. The van der Waals surface area contributed by atoms with E-state index in [0.29, 0.717) is 0 Å². The molecule has 0 saturated heterocycles. The number of furan rings is 1. The van der Waals surface area contributed by atoms with Crippen molar-refractivity contribution in [3.63, 3.8) is 0 Å². The van der Waals surface area contributed by atoms with E-state index in [9.17, 15) is 0 Å². The van der Waals surface area contributed by atoms with Gasteiger partial charge in [-0.1, -0.05) is 13.3 Å². The van der Waals surface area contributed by atoms with E-state index in [1.54, 1.807) is 6.26 Å². The molecule has 3 heteroatoms. The van der Waals surface area contributed by atoms with Crippen molar-refractivity contribution in [1.82, 2.24) is 5.32 Å². The van der Waals surface area contributed by atoms with E-state index in [1.807, 2.05) is 6.07 Å². The summed E-state index contributed by atoms with van der Waals surface area (Å²) in [4.78, 5) is 0. The van der Waals surface area contributed by atoms with Crippen molar-refractivity contribution < 1.29 is 4.42 Å². The van der Waals surface area contributed by atoms with Gasteiger partial charge in [-0.2, -0.15) is 0 Å². The molecule has 1 aromatic heterocycles. The Morgan fingerprint density at radius 1 is 1.58 bits per heavy atom. The first-order valence-electron chi connectivity index (χ1n) is 4.27. The number of halogens is 1. The van der Waals surface area contributed by atoms with Crippen LogP contribution < -0.4 is 5.32 Å². The van der Waals surface area contributed by atoms with Crippen LogP contribution in [0, 0.1) is 0 Å². The molecule has 0 amide bonds. The maximum Gasteiger partial charge on any atom is 0.173 e. The Hall–Kier alpha value is -0.280. The van der Waals surface area contributed by atoms with Gasteiger partial charge in [0.25, 0.3) is 0 Å². The van der Waals surface area contributed by atoms with E-state index < -0.39 is 0 Å². The van der Waals surface area contributed by atoms with Crippen molar-refractivity contribution in [1.29, 1.82) is 0 Å². The average molecular weight is 232 g/mol. The maximum absolute atomic E-state index is 5.10. The lowest BCUT2D eigenvalue weighted by atomic mass is 10.3. The highest BCUT2D eigenvalue weighted by Gasteiger charge is 2.00. The second kappa shape index (κ2) is 5.38. The second-order valence-electron chi connectivity index (χ2n) is 2.75. The zero-order valence-corrected chi connectivity index (χ0v) is 8.86. The van der Waals surface area contributed by atoms with Gasteiger partial charge >= 0.3 is 0 Å². The van der Waals surface area contributed by atoms with Gasteiger partial charge in [-0.25, -0.2) is 0 Å². The third-order valence-corrected chi connectivity index (χ3v) is 2.41. The molecule has 1 aromatic rings. The second-order valence-corrected chi connectivity index (χ2v) is 3.47. The normalized spacial score (nSPS) is 10.5. The third kappa shape index (κ3) is 2.99. The van der Waals surface area contributed by atoms with E-state index in [0.717, 1.165) is 17.8 Å². The van der Waals surface area contributed by atoms with Crippen molar-refractivity contribution in [2.24, 2.45) is 0 Å². The summed E-state index contributed by atoms with van der Waals surface area (Å²) in [5.74, 6) is 0. The molecule has 0 aliphatic heterocycles. The zero-order chi connectivity index (χ0) is 8.81. The van der Waals surface area contributed by atoms with E-state index in [4.69, 9.17) is 4.42 Å². The van der Waals surface area contributed by atoms with Crippen LogP contribution in [0.15, 0.2) is 21.4 Å². The lowest BCUT2D eigenvalue weighted by Gasteiger charge is -2.00. The molecule has 1 N–H and O–H groups in total. The first-order chi connectivity index (χ1) is 5.84. The summed E-state index contributed by atoms with van der Waals surface area (Å²) in [5, 5.41) is 3.34. The summed E-state index contributed by atoms with van der Waals surface area (Å²) < 4.78 is 5.94. The fourth-order valence-corrected chi connectivity index (χ4v) is 1.35. The van der Waals surface area contributed by atoms with Gasteiger partial charge in [0.1, 0.15) is 0 Å². The SMILES string of the molecule is CCCCNCc1ccoc1Br. The molecule has 0 radical (unpaired) electrons. The van der Waals surface area contributed by atoms with Gasteiger partial charge in [0.2, 0.25) is 0 Å². The molecular weight excluding hydrogens is 218 g/mol. The Balaban J connectivity index is 2.20. The summed E-state index contributed by atoms with van der Waals surface area (Å²) in [7, 11) is 0. The number of unbranched alkanes of at least 4 members (excludes halogenated alkanes) is 1.